The molecule has 0 atom stereocenters. The molecule has 0 saturated carbocycles. The van der Waals surface area contributed by atoms with Gasteiger partial charge in [-0.15, -0.1) is 10.2 Å². The monoisotopic (exact) mass is 354 g/mol. The number of fused-ring (bicyclic) bond motifs is 1. The molecular weight excluding hydrogens is 342 g/mol. The molecule has 0 aliphatic rings. The summed E-state index contributed by atoms with van der Waals surface area (Å²) in [7, 11) is 0. The third kappa shape index (κ3) is 3.23. The van der Waals surface area contributed by atoms with Crippen LogP contribution in [0.3, 0.4) is 0 Å². The Morgan fingerprint density at radius 1 is 0.920 bits per heavy atom. The summed E-state index contributed by atoms with van der Waals surface area (Å²) in [5.41, 5.74) is 1.77. The van der Waals surface area contributed by atoms with Crippen molar-refractivity contribution in [3.8, 4) is 11.4 Å². The second kappa shape index (κ2) is 6.60. The van der Waals surface area contributed by atoms with E-state index in [9.17, 15) is 8.78 Å². The molecule has 25 heavy (non-hydrogen) atoms. The summed E-state index contributed by atoms with van der Waals surface area (Å²) in [4.78, 5) is 0. The highest BCUT2D eigenvalue weighted by Gasteiger charge is 2.11. The van der Waals surface area contributed by atoms with E-state index < -0.39 is 0 Å². The fourth-order valence-electron chi connectivity index (χ4n) is 2.42. The van der Waals surface area contributed by atoms with Crippen LogP contribution in [-0.2, 0) is 5.75 Å². The van der Waals surface area contributed by atoms with E-state index in [0.717, 1.165) is 0 Å². The van der Waals surface area contributed by atoms with Crippen LogP contribution in [0.15, 0.2) is 65.7 Å². The molecular formula is C18H12F2N4S. The zero-order valence-electron chi connectivity index (χ0n) is 12.9. The number of nitrogens with zero attached hydrogens (tertiary/aromatic N) is 4. The standard InChI is InChI=1S/C18H12F2N4S/c19-14-6-3-5-12(10-14)18-22-21-16-8-9-17(23-24(16)18)25-11-13-4-1-2-7-15(13)20/h1-10H,11H2. The van der Waals surface area contributed by atoms with Gasteiger partial charge in [0.05, 0.1) is 0 Å². The Morgan fingerprint density at radius 3 is 2.64 bits per heavy atom. The first-order valence-corrected chi connectivity index (χ1v) is 8.54. The second-order valence-corrected chi connectivity index (χ2v) is 6.35. The lowest BCUT2D eigenvalue weighted by Gasteiger charge is -2.04. The van der Waals surface area contributed by atoms with E-state index in [-0.39, 0.29) is 11.6 Å². The highest BCUT2D eigenvalue weighted by atomic mass is 32.2. The minimum atomic E-state index is -0.348. The van der Waals surface area contributed by atoms with Crippen LogP contribution in [0.25, 0.3) is 17.0 Å². The summed E-state index contributed by atoms with van der Waals surface area (Å²) in [6.07, 6.45) is 0. The van der Waals surface area contributed by atoms with Crippen molar-refractivity contribution in [2.75, 3.05) is 0 Å². The minimum absolute atomic E-state index is 0.235. The maximum atomic E-state index is 13.7. The van der Waals surface area contributed by atoms with Crippen LogP contribution >= 0.6 is 11.8 Å². The van der Waals surface area contributed by atoms with Crippen molar-refractivity contribution < 1.29 is 8.78 Å². The zero-order chi connectivity index (χ0) is 17.2. The van der Waals surface area contributed by atoms with Gasteiger partial charge in [0.15, 0.2) is 11.5 Å². The highest BCUT2D eigenvalue weighted by Crippen LogP contribution is 2.24. The van der Waals surface area contributed by atoms with Gasteiger partial charge in [0.25, 0.3) is 0 Å². The SMILES string of the molecule is Fc1cccc(-c2nnc3ccc(SCc4ccccc4F)nn23)c1. The molecule has 124 valence electrons. The van der Waals surface area contributed by atoms with Gasteiger partial charge < -0.3 is 0 Å². The summed E-state index contributed by atoms with van der Waals surface area (Å²) >= 11 is 1.41. The number of hydrogen-bond acceptors (Lipinski definition) is 4. The zero-order valence-corrected chi connectivity index (χ0v) is 13.8. The fourth-order valence-corrected chi connectivity index (χ4v) is 3.26. The van der Waals surface area contributed by atoms with E-state index in [1.165, 1.54) is 30.0 Å². The van der Waals surface area contributed by atoms with Crippen molar-refractivity contribution in [1.29, 1.82) is 0 Å². The summed E-state index contributed by atoms with van der Waals surface area (Å²) in [5, 5.41) is 13.3. The molecule has 0 aliphatic carbocycles. The number of aromatic nitrogens is 4. The smallest absolute Gasteiger partial charge is 0.185 e. The molecule has 0 spiro atoms. The van der Waals surface area contributed by atoms with Crippen molar-refractivity contribution in [2.45, 2.75) is 10.8 Å². The molecule has 2 heterocycles. The first kappa shape index (κ1) is 15.7. The molecule has 2 aromatic heterocycles. The molecule has 0 amide bonds. The molecule has 0 N–H and O–H groups in total. The lowest BCUT2D eigenvalue weighted by atomic mass is 10.2. The van der Waals surface area contributed by atoms with E-state index in [2.05, 4.69) is 15.3 Å². The quantitative estimate of drug-likeness (QED) is 0.511. The molecule has 4 aromatic rings. The predicted molar refractivity (Wildman–Crippen MR) is 92.1 cm³/mol. The minimum Gasteiger partial charge on any atom is -0.207 e. The van der Waals surface area contributed by atoms with Crippen molar-refractivity contribution >= 4 is 17.4 Å². The summed E-state index contributed by atoms with van der Waals surface area (Å²) < 4.78 is 28.8. The van der Waals surface area contributed by atoms with Gasteiger partial charge in [0, 0.05) is 11.3 Å². The highest BCUT2D eigenvalue weighted by molar-refractivity contribution is 7.98. The van der Waals surface area contributed by atoms with Gasteiger partial charge in [0.1, 0.15) is 16.7 Å². The summed E-state index contributed by atoms with van der Waals surface area (Å²) in [5.74, 6) is 0.339. The molecule has 4 rings (SSSR count). The van der Waals surface area contributed by atoms with Gasteiger partial charge in [-0.1, -0.05) is 42.1 Å². The van der Waals surface area contributed by atoms with Gasteiger partial charge in [-0.3, -0.25) is 0 Å². The van der Waals surface area contributed by atoms with Gasteiger partial charge >= 0.3 is 0 Å². The van der Waals surface area contributed by atoms with E-state index >= 15 is 0 Å². The van der Waals surface area contributed by atoms with E-state index in [1.54, 1.807) is 40.9 Å². The average Bonchev–Trinajstić information content (AvgIpc) is 3.04. The Bertz CT molecular complexity index is 1050. The molecule has 0 saturated heterocycles. The van der Waals surface area contributed by atoms with E-state index in [1.807, 2.05) is 6.07 Å². The summed E-state index contributed by atoms with van der Waals surface area (Å²) in [6, 6.07) is 16.4. The first-order valence-electron chi connectivity index (χ1n) is 7.55. The number of halogens is 2. The maximum absolute atomic E-state index is 13.7. The van der Waals surface area contributed by atoms with Gasteiger partial charge in [-0.05, 0) is 35.9 Å². The number of benzene rings is 2. The van der Waals surface area contributed by atoms with Crippen molar-refractivity contribution in [2.24, 2.45) is 0 Å². The maximum Gasteiger partial charge on any atom is 0.185 e. The van der Waals surface area contributed by atoms with Crippen LogP contribution < -0.4 is 0 Å². The lowest BCUT2D eigenvalue weighted by Crippen LogP contribution is -1.97. The van der Waals surface area contributed by atoms with Gasteiger partial charge in [-0.25, -0.2) is 8.78 Å². The molecule has 4 nitrogen and oxygen atoms in total. The number of rotatable bonds is 4. The predicted octanol–water partition coefficient (Wildman–Crippen LogP) is 4.36. The normalized spacial score (nSPS) is 11.1. The van der Waals surface area contributed by atoms with E-state index in [0.29, 0.717) is 33.4 Å². The van der Waals surface area contributed by atoms with Crippen molar-refractivity contribution in [3.05, 3.63) is 77.9 Å². The summed E-state index contributed by atoms with van der Waals surface area (Å²) in [6.45, 7) is 0. The number of hydrogen-bond donors (Lipinski definition) is 0. The third-order valence-electron chi connectivity index (χ3n) is 3.65. The fraction of sp³-hybridized carbons (Fsp3) is 0.0556. The molecule has 0 aliphatic heterocycles. The lowest BCUT2D eigenvalue weighted by molar-refractivity contribution is 0.617. The molecule has 7 heteroatoms. The van der Waals surface area contributed by atoms with Crippen LogP contribution in [0, 0.1) is 11.6 Å². The van der Waals surface area contributed by atoms with Crippen LogP contribution in [0.2, 0.25) is 0 Å². The Labute approximate surface area is 146 Å². The number of thioether (sulfide) groups is 1. The molecule has 0 bridgehead atoms. The van der Waals surface area contributed by atoms with Crippen LogP contribution in [0.5, 0.6) is 0 Å². The van der Waals surface area contributed by atoms with Crippen molar-refractivity contribution in [3.63, 3.8) is 0 Å². The third-order valence-corrected chi connectivity index (χ3v) is 4.62. The topological polar surface area (TPSA) is 43.1 Å². The Hall–Kier alpha value is -2.80. The van der Waals surface area contributed by atoms with E-state index in [4.69, 9.17) is 0 Å². The average molecular weight is 354 g/mol. The molecule has 0 radical (unpaired) electrons. The largest absolute Gasteiger partial charge is 0.207 e. The van der Waals surface area contributed by atoms with Crippen LogP contribution in [-0.4, -0.2) is 19.8 Å². The second-order valence-electron chi connectivity index (χ2n) is 5.36. The van der Waals surface area contributed by atoms with Crippen molar-refractivity contribution in [1.82, 2.24) is 19.8 Å². The van der Waals surface area contributed by atoms with Gasteiger partial charge in [-0.2, -0.15) is 9.61 Å². The Balaban J connectivity index is 1.65. The molecule has 2 aromatic carbocycles. The van der Waals surface area contributed by atoms with Crippen LogP contribution in [0.1, 0.15) is 5.56 Å². The molecule has 0 fully saturated rings. The Morgan fingerprint density at radius 2 is 1.80 bits per heavy atom. The molecule has 0 unspecified atom stereocenters. The van der Waals surface area contributed by atoms with Crippen LogP contribution in [0.4, 0.5) is 8.78 Å². The first-order chi connectivity index (χ1) is 12.2. The Kier molecular flexibility index (Phi) is 4.15. The van der Waals surface area contributed by atoms with Gasteiger partial charge in [0.2, 0.25) is 0 Å².